The second-order valence-corrected chi connectivity index (χ2v) is 13.4. The van der Waals surface area contributed by atoms with Gasteiger partial charge in [-0.25, -0.2) is 8.78 Å². The molecule has 2 aromatic heterocycles. The standard InChI is InChI=1S/C35H36F2N6O3/c1-3-24-27(36)7-6-21-14-23(44)15-25(28(21)24)30-29(37)31-26(16-38-30)32(42-17-22-8-11-34(18-42,41-22)19-45-2)40-33(39-31)46-20-35-9-4-12-43(35)13-5-10-35/h1,6-7,14-16,22,41,44H,4-5,8-13,17-20H2,2H3/t22-,34?/m1/s1. The van der Waals surface area contributed by atoms with Crippen LogP contribution < -0.4 is 15.0 Å². The molecule has 0 saturated carbocycles. The minimum atomic E-state index is -0.726. The molecule has 4 aromatic rings. The molecule has 0 spiro atoms. The van der Waals surface area contributed by atoms with E-state index in [1.807, 2.05) is 0 Å². The molecule has 2 bridgehead atoms. The van der Waals surface area contributed by atoms with Crippen molar-refractivity contribution in [1.82, 2.24) is 25.2 Å². The Morgan fingerprint density at radius 1 is 1.13 bits per heavy atom. The monoisotopic (exact) mass is 626 g/mol. The van der Waals surface area contributed by atoms with Crippen LogP contribution in [0.5, 0.6) is 11.8 Å². The van der Waals surface area contributed by atoms with Crippen LogP contribution in [0.3, 0.4) is 0 Å². The van der Waals surface area contributed by atoms with E-state index >= 15 is 4.39 Å². The lowest BCUT2D eigenvalue weighted by atomic mass is 9.95. The Labute approximate surface area is 265 Å². The number of aromatic hydroxyl groups is 1. The number of hydrogen-bond acceptors (Lipinski definition) is 9. The van der Waals surface area contributed by atoms with Gasteiger partial charge in [-0.05, 0) is 75.2 Å². The van der Waals surface area contributed by atoms with Gasteiger partial charge in [0.25, 0.3) is 0 Å². The number of piperazine rings is 1. The number of methoxy groups -OCH3 is 1. The molecule has 0 radical (unpaired) electrons. The van der Waals surface area contributed by atoms with E-state index in [2.05, 4.69) is 31.0 Å². The fourth-order valence-corrected chi connectivity index (χ4v) is 8.51. The number of aromatic nitrogens is 3. The zero-order chi connectivity index (χ0) is 31.6. The van der Waals surface area contributed by atoms with Gasteiger partial charge in [0.2, 0.25) is 0 Å². The van der Waals surface area contributed by atoms with Crippen molar-refractivity contribution in [2.45, 2.75) is 55.6 Å². The summed E-state index contributed by atoms with van der Waals surface area (Å²) >= 11 is 0. The second kappa shape index (κ2) is 11.0. The SMILES string of the molecule is C#Cc1c(F)ccc2cc(O)cc(-c3ncc4c(N5C[C@H]6CCC(COC)(C5)N6)nc(OCC56CCCN5CCC6)nc4c3F)c12. The molecule has 4 saturated heterocycles. The molecule has 2 N–H and O–H groups in total. The average molecular weight is 627 g/mol. The highest BCUT2D eigenvalue weighted by molar-refractivity contribution is 6.03. The molecule has 2 atom stereocenters. The summed E-state index contributed by atoms with van der Waals surface area (Å²) in [5, 5.41) is 15.5. The van der Waals surface area contributed by atoms with Gasteiger partial charge in [0.15, 0.2) is 5.82 Å². The van der Waals surface area contributed by atoms with Crippen molar-refractivity contribution in [2.24, 2.45) is 0 Å². The number of nitrogens with one attached hydrogen (secondary N) is 1. The first kappa shape index (κ1) is 29.3. The first-order valence-corrected chi connectivity index (χ1v) is 16.0. The number of terminal acetylenes is 1. The van der Waals surface area contributed by atoms with Crippen LogP contribution in [-0.4, -0.2) is 88.6 Å². The van der Waals surface area contributed by atoms with E-state index in [0.717, 1.165) is 51.6 Å². The third-order valence-corrected chi connectivity index (χ3v) is 10.5. The summed E-state index contributed by atoms with van der Waals surface area (Å²) in [7, 11) is 1.70. The molecule has 0 aliphatic carbocycles. The van der Waals surface area contributed by atoms with Crippen LogP contribution in [0.15, 0.2) is 30.5 Å². The van der Waals surface area contributed by atoms with Crippen LogP contribution in [0.4, 0.5) is 14.6 Å². The molecule has 1 unspecified atom stereocenters. The van der Waals surface area contributed by atoms with E-state index in [9.17, 15) is 9.50 Å². The predicted octanol–water partition coefficient (Wildman–Crippen LogP) is 4.77. The number of hydrogen-bond donors (Lipinski definition) is 2. The van der Waals surface area contributed by atoms with Gasteiger partial charge in [-0.15, -0.1) is 6.42 Å². The Kier molecular flexibility index (Phi) is 7.01. The Morgan fingerprint density at radius 3 is 2.74 bits per heavy atom. The summed E-state index contributed by atoms with van der Waals surface area (Å²) in [5.41, 5.74) is -0.204. The van der Waals surface area contributed by atoms with Gasteiger partial charge in [-0.3, -0.25) is 9.88 Å². The summed E-state index contributed by atoms with van der Waals surface area (Å²) in [6.07, 6.45) is 13.6. The minimum Gasteiger partial charge on any atom is -0.508 e. The van der Waals surface area contributed by atoms with E-state index < -0.39 is 11.6 Å². The number of anilines is 1. The molecule has 4 aliphatic heterocycles. The van der Waals surface area contributed by atoms with Gasteiger partial charge in [0.05, 0.1) is 28.6 Å². The molecule has 4 fully saturated rings. The smallest absolute Gasteiger partial charge is 0.319 e. The van der Waals surface area contributed by atoms with Gasteiger partial charge in [-0.1, -0.05) is 12.0 Å². The van der Waals surface area contributed by atoms with E-state index in [-0.39, 0.29) is 51.2 Å². The Bertz CT molecular complexity index is 1900. The summed E-state index contributed by atoms with van der Waals surface area (Å²) in [6.45, 7) is 4.38. The lowest BCUT2D eigenvalue weighted by molar-refractivity contribution is 0.107. The third-order valence-electron chi connectivity index (χ3n) is 10.5. The number of ether oxygens (including phenoxy) is 2. The van der Waals surface area contributed by atoms with Crippen LogP contribution in [0, 0.1) is 24.0 Å². The number of phenols is 1. The van der Waals surface area contributed by atoms with Crippen molar-refractivity contribution in [3.8, 4) is 35.4 Å². The molecule has 4 aliphatic rings. The van der Waals surface area contributed by atoms with Crippen LogP contribution >= 0.6 is 0 Å². The quantitative estimate of drug-likeness (QED) is 0.281. The van der Waals surface area contributed by atoms with Gasteiger partial charge in [0, 0.05) is 43.4 Å². The van der Waals surface area contributed by atoms with Crippen molar-refractivity contribution in [3.63, 3.8) is 0 Å². The Balaban J connectivity index is 1.28. The van der Waals surface area contributed by atoms with E-state index in [4.69, 9.17) is 20.9 Å². The number of rotatable bonds is 7. The highest BCUT2D eigenvalue weighted by atomic mass is 19.1. The maximum absolute atomic E-state index is 16.9. The summed E-state index contributed by atoms with van der Waals surface area (Å²) in [6, 6.07) is 5.90. The molecule has 0 amide bonds. The lowest BCUT2D eigenvalue weighted by Gasteiger charge is -2.41. The number of pyridine rings is 1. The normalized spacial score (nSPS) is 23.7. The number of benzene rings is 2. The first-order valence-electron chi connectivity index (χ1n) is 16.0. The molecule has 46 heavy (non-hydrogen) atoms. The van der Waals surface area contributed by atoms with Crippen molar-refractivity contribution >= 4 is 27.5 Å². The number of fused-ring (bicyclic) bond motifs is 5. The van der Waals surface area contributed by atoms with Gasteiger partial charge >= 0.3 is 6.01 Å². The van der Waals surface area contributed by atoms with Crippen LogP contribution in [0.1, 0.15) is 44.1 Å². The van der Waals surface area contributed by atoms with Crippen molar-refractivity contribution in [3.05, 3.63) is 47.7 Å². The summed E-state index contributed by atoms with van der Waals surface area (Å²) in [4.78, 5) is 18.8. The second-order valence-electron chi connectivity index (χ2n) is 13.4. The molecule has 238 valence electrons. The molecule has 6 heterocycles. The average Bonchev–Trinajstić information content (AvgIpc) is 3.72. The van der Waals surface area contributed by atoms with Crippen molar-refractivity contribution in [1.29, 1.82) is 0 Å². The third kappa shape index (κ3) is 4.65. The van der Waals surface area contributed by atoms with Crippen molar-refractivity contribution in [2.75, 3.05) is 51.4 Å². The maximum Gasteiger partial charge on any atom is 0.319 e. The van der Waals surface area contributed by atoms with E-state index in [1.165, 1.54) is 24.3 Å². The first-order chi connectivity index (χ1) is 22.3. The lowest BCUT2D eigenvalue weighted by Crippen LogP contribution is -2.61. The largest absolute Gasteiger partial charge is 0.508 e. The fraction of sp³-hybridized carbons (Fsp3) is 0.457. The highest BCUT2D eigenvalue weighted by Gasteiger charge is 2.46. The van der Waals surface area contributed by atoms with Crippen LogP contribution in [0.2, 0.25) is 0 Å². The molecule has 11 heteroatoms. The zero-order valence-electron chi connectivity index (χ0n) is 25.8. The Hall–Kier alpha value is -4.11. The predicted molar refractivity (Wildman–Crippen MR) is 171 cm³/mol. The van der Waals surface area contributed by atoms with Crippen LogP contribution in [-0.2, 0) is 4.74 Å². The molecule has 9 nitrogen and oxygen atoms in total. The van der Waals surface area contributed by atoms with Crippen molar-refractivity contribution < 1.29 is 23.4 Å². The van der Waals surface area contributed by atoms with Crippen LogP contribution in [0.25, 0.3) is 32.9 Å². The fourth-order valence-electron chi connectivity index (χ4n) is 8.51. The van der Waals surface area contributed by atoms with E-state index in [0.29, 0.717) is 48.3 Å². The van der Waals surface area contributed by atoms with Gasteiger partial charge in [-0.2, -0.15) is 9.97 Å². The highest BCUT2D eigenvalue weighted by Crippen LogP contribution is 2.42. The maximum atomic E-state index is 16.9. The minimum absolute atomic E-state index is 0.0298. The number of halogens is 2. The molecule has 2 aromatic carbocycles. The molecule has 8 rings (SSSR count). The number of nitrogens with zero attached hydrogens (tertiary/aromatic N) is 5. The van der Waals surface area contributed by atoms with Gasteiger partial charge < -0.3 is 24.8 Å². The molecular weight excluding hydrogens is 590 g/mol. The molecular formula is C35H36F2N6O3. The van der Waals surface area contributed by atoms with E-state index in [1.54, 1.807) is 13.3 Å². The van der Waals surface area contributed by atoms with Gasteiger partial charge in [0.1, 0.15) is 35.2 Å². The topological polar surface area (TPSA) is 95.9 Å². The summed E-state index contributed by atoms with van der Waals surface area (Å²) in [5.74, 6) is 1.48. The summed E-state index contributed by atoms with van der Waals surface area (Å²) < 4.78 is 43.7. The number of phenolic OH excluding ortho intramolecular Hbond substituents is 1. The zero-order valence-corrected chi connectivity index (χ0v) is 25.8. The Morgan fingerprint density at radius 2 is 1.96 bits per heavy atom.